The summed E-state index contributed by atoms with van der Waals surface area (Å²) < 4.78 is 11.8. The highest BCUT2D eigenvalue weighted by Crippen LogP contribution is 2.44. The Kier molecular flexibility index (Phi) is 7.03. The summed E-state index contributed by atoms with van der Waals surface area (Å²) in [6, 6.07) is 63.7. The highest BCUT2D eigenvalue weighted by atomic mass is 32.1. The lowest BCUT2D eigenvalue weighted by Crippen LogP contribution is -2.00. The first-order valence-electron chi connectivity index (χ1n) is 19.0. The molecule has 0 amide bonds. The maximum absolute atomic E-state index is 6.78. The van der Waals surface area contributed by atoms with Crippen LogP contribution in [0.25, 0.3) is 115 Å². The Morgan fingerprint density at radius 3 is 1.81 bits per heavy atom. The van der Waals surface area contributed by atoms with Crippen LogP contribution in [-0.4, -0.2) is 19.5 Å². The third-order valence-corrected chi connectivity index (χ3v) is 12.3. The average Bonchev–Trinajstić information content (AvgIpc) is 3.96. The Bertz CT molecular complexity index is 3460. The van der Waals surface area contributed by atoms with E-state index < -0.39 is 0 Å². The van der Waals surface area contributed by atoms with E-state index in [9.17, 15) is 0 Å². The summed E-state index contributed by atoms with van der Waals surface area (Å²) in [4.78, 5) is 14.9. The Labute approximate surface area is 330 Å². The number of aromatic nitrogens is 4. The van der Waals surface area contributed by atoms with Crippen molar-refractivity contribution in [2.45, 2.75) is 0 Å². The maximum Gasteiger partial charge on any atom is 0.167 e. The zero-order valence-electron chi connectivity index (χ0n) is 30.4. The van der Waals surface area contributed by atoms with Crippen LogP contribution in [0.4, 0.5) is 0 Å². The monoisotopic (exact) mass is 746 g/mol. The number of hydrogen-bond acceptors (Lipinski definition) is 5. The van der Waals surface area contributed by atoms with Crippen molar-refractivity contribution >= 4 is 75.3 Å². The fourth-order valence-electron chi connectivity index (χ4n) is 8.39. The van der Waals surface area contributed by atoms with Gasteiger partial charge in [-0.15, -0.1) is 11.3 Å². The molecule has 0 aliphatic rings. The number of rotatable bonds is 5. The molecule has 8 aromatic carbocycles. The van der Waals surface area contributed by atoms with Gasteiger partial charge in [-0.1, -0.05) is 133 Å². The molecule has 12 aromatic rings. The van der Waals surface area contributed by atoms with E-state index in [1.807, 2.05) is 78.1 Å². The number of thiophene rings is 1. The number of hydrogen-bond donors (Lipinski definition) is 0. The van der Waals surface area contributed by atoms with Gasteiger partial charge < -0.3 is 8.98 Å². The molecule has 0 N–H and O–H groups in total. The highest BCUT2D eigenvalue weighted by Gasteiger charge is 2.20. The minimum absolute atomic E-state index is 0.570. The zero-order chi connectivity index (χ0) is 37.5. The summed E-state index contributed by atoms with van der Waals surface area (Å²) in [5.41, 5.74) is 10.0. The molecule has 6 heteroatoms. The summed E-state index contributed by atoms with van der Waals surface area (Å²) in [6.45, 7) is 0. The van der Waals surface area contributed by atoms with Gasteiger partial charge in [0.1, 0.15) is 11.2 Å². The van der Waals surface area contributed by atoms with Gasteiger partial charge in [0.05, 0.1) is 21.3 Å². The Balaban J connectivity index is 1.02. The molecule has 0 aliphatic carbocycles. The van der Waals surface area contributed by atoms with Gasteiger partial charge in [-0.2, -0.15) is 0 Å². The fraction of sp³-hybridized carbons (Fsp3) is 0. The molecule has 0 bridgehead atoms. The molecule has 0 radical (unpaired) electrons. The summed E-state index contributed by atoms with van der Waals surface area (Å²) in [5.74, 6) is 1.81. The molecule has 266 valence electrons. The van der Waals surface area contributed by atoms with E-state index in [1.54, 1.807) is 0 Å². The number of fused-ring (bicyclic) bond motifs is 10. The second-order valence-corrected chi connectivity index (χ2v) is 15.4. The van der Waals surface area contributed by atoms with Crippen LogP contribution in [0.15, 0.2) is 186 Å². The molecule has 4 heterocycles. The Morgan fingerprint density at radius 2 is 1.04 bits per heavy atom. The number of para-hydroxylation sites is 2. The second kappa shape index (κ2) is 12.6. The van der Waals surface area contributed by atoms with E-state index in [0.29, 0.717) is 17.5 Å². The van der Waals surface area contributed by atoms with E-state index in [-0.39, 0.29) is 0 Å². The topological polar surface area (TPSA) is 56.7 Å². The summed E-state index contributed by atoms with van der Waals surface area (Å²) in [7, 11) is 0. The Morgan fingerprint density at radius 1 is 0.421 bits per heavy atom. The van der Waals surface area contributed by atoms with Crippen LogP contribution in [0.2, 0.25) is 0 Å². The van der Waals surface area contributed by atoms with Crippen LogP contribution in [0, 0.1) is 0 Å². The first-order valence-corrected chi connectivity index (χ1v) is 19.8. The van der Waals surface area contributed by atoms with Crippen molar-refractivity contribution in [2.75, 3.05) is 0 Å². The lowest BCUT2D eigenvalue weighted by Gasteiger charge is -2.09. The standard InChI is InChI=1S/C51H30N4OS/c1-4-13-31(14-5-1)49-52-50(32-15-6-2-7-16-32)54-51(53-49)41-21-12-20-39-36-25-23-34(30-44(36)56-47(39)41)33-24-28-43-42(29-33)38-26-27-40-37-19-10-11-22-45(37)57-48(40)46(38)55(43)35-17-8-3-9-18-35/h1-30H. The van der Waals surface area contributed by atoms with E-state index in [0.717, 1.165) is 55.4 Å². The minimum atomic E-state index is 0.570. The van der Waals surface area contributed by atoms with Crippen molar-refractivity contribution in [1.29, 1.82) is 0 Å². The molecule has 0 aliphatic heterocycles. The van der Waals surface area contributed by atoms with Crippen LogP contribution < -0.4 is 0 Å². The molecule has 0 spiro atoms. The van der Waals surface area contributed by atoms with Gasteiger partial charge in [0.15, 0.2) is 17.5 Å². The van der Waals surface area contributed by atoms with Gasteiger partial charge in [0.25, 0.3) is 0 Å². The summed E-state index contributed by atoms with van der Waals surface area (Å²) in [5, 5.41) is 7.12. The number of nitrogens with zero attached hydrogens (tertiary/aromatic N) is 4. The molecule has 57 heavy (non-hydrogen) atoms. The van der Waals surface area contributed by atoms with Crippen molar-refractivity contribution < 1.29 is 4.42 Å². The SMILES string of the molecule is c1ccc(-c2nc(-c3ccccc3)nc(-c3cccc4c3oc3cc(-c5ccc6c(c5)c5ccc7c8ccccc8sc7c5n6-c5ccccc5)ccc34)n2)cc1. The quantitative estimate of drug-likeness (QED) is 0.176. The Hall–Kier alpha value is -7.41. The van der Waals surface area contributed by atoms with Gasteiger partial charge in [-0.25, -0.2) is 15.0 Å². The third kappa shape index (κ3) is 5.04. The van der Waals surface area contributed by atoms with Crippen LogP contribution >= 0.6 is 11.3 Å². The highest BCUT2D eigenvalue weighted by molar-refractivity contribution is 7.26. The largest absolute Gasteiger partial charge is 0.455 e. The molecule has 0 fully saturated rings. The molecular formula is C51H30N4OS. The van der Waals surface area contributed by atoms with Crippen LogP contribution in [-0.2, 0) is 0 Å². The van der Waals surface area contributed by atoms with Crippen molar-refractivity contribution in [3.63, 3.8) is 0 Å². The molecule has 0 atom stereocenters. The zero-order valence-corrected chi connectivity index (χ0v) is 31.2. The molecule has 0 saturated carbocycles. The van der Waals surface area contributed by atoms with E-state index in [1.165, 1.54) is 42.0 Å². The first kappa shape index (κ1) is 31.9. The summed E-state index contributed by atoms with van der Waals surface area (Å²) in [6.07, 6.45) is 0. The minimum Gasteiger partial charge on any atom is -0.455 e. The first-order chi connectivity index (χ1) is 28.2. The molecule has 4 aromatic heterocycles. The molecular weight excluding hydrogens is 717 g/mol. The van der Waals surface area contributed by atoms with Gasteiger partial charge in [-0.3, -0.25) is 0 Å². The maximum atomic E-state index is 6.78. The van der Waals surface area contributed by atoms with Gasteiger partial charge in [-0.05, 0) is 59.7 Å². The molecule has 0 unspecified atom stereocenters. The van der Waals surface area contributed by atoms with Crippen LogP contribution in [0.5, 0.6) is 0 Å². The predicted octanol–water partition coefficient (Wildman–Crippen LogP) is 13.9. The molecule has 12 rings (SSSR count). The molecule has 5 nitrogen and oxygen atoms in total. The van der Waals surface area contributed by atoms with Crippen molar-refractivity contribution in [2.24, 2.45) is 0 Å². The van der Waals surface area contributed by atoms with Gasteiger partial charge >= 0.3 is 0 Å². The van der Waals surface area contributed by atoms with E-state index in [4.69, 9.17) is 19.4 Å². The van der Waals surface area contributed by atoms with Crippen molar-refractivity contribution in [1.82, 2.24) is 19.5 Å². The lowest BCUT2D eigenvalue weighted by molar-refractivity contribution is 0.669. The van der Waals surface area contributed by atoms with E-state index >= 15 is 0 Å². The second-order valence-electron chi connectivity index (χ2n) is 14.4. The lowest BCUT2D eigenvalue weighted by atomic mass is 10.0. The predicted molar refractivity (Wildman–Crippen MR) is 236 cm³/mol. The van der Waals surface area contributed by atoms with Crippen molar-refractivity contribution in [3.8, 4) is 51.0 Å². The van der Waals surface area contributed by atoms with Crippen molar-refractivity contribution in [3.05, 3.63) is 182 Å². The van der Waals surface area contributed by atoms with Crippen LogP contribution in [0.3, 0.4) is 0 Å². The third-order valence-electron chi connectivity index (χ3n) is 11.1. The number of benzene rings is 8. The average molecular weight is 747 g/mol. The summed E-state index contributed by atoms with van der Waals surface area (Å²) >= 11 is 1.87. The van der Waals surface area contributed by atoms with Gasteiger partial charge in [0.2, 0.25) is 0 Å². The smallest absolute Gasteiger partial charge is 0.167 e. The normalized spacial score (nSPS) is 11.9. The van der Waals surface area contributed by atoms with E-state index in [2.05, 4.69) is 120 Å². The fourth-order valence-corrected chi connectivity index (χ4v) is 9.63. The van der Waals surface area contributed by atoms with Crippen LogP contribution in [0.1, 0.15) is 0 Å². The number of furan rings is 1. The molecule has 0 saturated heterocycles. The van der Waals surface area contributed by atoms with Gasteiger partial charge in [0, 0.05) is 53.8 Å².